The highest BCUT2D eigenvalue weighted by atomic mass is 35.5. The van der Waals surface area contributed by atoms with Crippen LogP contribution in [0.4, 0.5) is 5.69 Å². The Morgan fingerprint density at radius 3 is 2.85 bits per heavy atom. The van der Waals surface area contributed by atoms with Gasteiger partial charge in [0.05, 0.1) is 5.69 Å². The number of carbonyl (C=O) groups excluding carboxylic acids is 1. The number of carbonyl (C=O) groups is 1. The molecule has 140 valence electrons. The first-order chi connectivity index (χ1) is 13.0. The number of anilines is 1. The number of aryl methyl sites for hydroxylation is 1. The molecule has 1 atom stereocenters. The Hall–Kier alpha value is -2.58. The summed E-state index contributed by atoms with van der Waals surface area (Å²) in [6.45, 7) is 3.57. The monoisotopic (exact) mass is 403 g/mol. The fourth-order valence-corrected chi connectivity index (χ4v) is 3.08. The van der Waals surface area contributed by atoms with Gasteiger partial charge in [0.1, 0.15) is 5.75 Å². The Kier molecular flexibility index (Phi) is 5.98. The van der Waals surface area contributed by atoms with Gasteiger partial charge in [-0.2, -0.15) is 4.68 Å². The number of nitrogens with zero attached hydrogens (tertiary/aromatic N) is 4. The third kappa shape index (κ3) is 4.58. The molecule has 1 unspecified atom stereocenters. The van der Waals surface area contributed by atoms with Gasteiger partial charge in [-0.05, 0) is 72.5 Å². The van der Waals surface area contributed by atoms with Gasteiger partial charge in [0.15, 0.2) is 6.10 Å². The van der Waals surface area contributed by atoms with E-state index in [-0.39, 0.29) is 5.91 Å². The van der Waals surface area contributed by atoms with Crippen LogP contribution < -0.4 is 10.1 Å². The number of ether oxygens (including phenoxy) is 1. The summed E-state index contributed by atoms with van der Waals surface area (Å²) in [5.41, 5.74) is 2.25. The molecule has 1 amide bonds. The fourth-order valence-electron chi connectivity index (χ4n) is 2.42. The Balaban J connectivity index is 1.71. The number of benzene rings is 2. The molecular weight excluding hydrogens is 386 g/mol. The molecule has 3 aromatic rings. The number of tetrazole rings is 1. The minimum Gasteiger partial charge on any atom is -0.481 e. The van der Waals surface area contributed by atoms with Crippen molar-refractivity contribution in [1.29, 1.82) is 0 Å². The summed E-state index contributed by atoms with van der Waals surface area (Å²) in [7, 11) is 0. The van der Waals surface area contributed by atoms with Crippen molar-refractivity contribution >= 4 is 35.0 Å². The Morgan fingerprint density at radius 1 is 1.30 bits per heavy atom. The standard InChI is InChI=1S/C18H18ClN5O2S/c1-11-9-13(19)7-8-16(11)26-12(2)17(25)20-14-5-4-6-15(10-14)24-18(27-3)21-22-23-24/h4-10,12H,1-3H3,(H,20,25). The van der Waals surface area contributed by atoms with E-state index in [0.717, 1.165) is 11.3 Å². The molecule has 0 aliphatic heterocycles. The highest BCUT2D eigenvalue weighted by Gasteiger charge is 2.16. The molecule has 0 aliphatic carbocycles. The first-order valence-electron chi connectivity index (χ1n) is 8.14. The molecule has 0 saturated carbocycles. The molecule has 9 heteroatoms. The minimum atomic E-state index is -0.677. The van der Waals surface area contributed by atoms with E-state index >= 15 is 0 Å². The van der Waals surface area contributed by atoms with Crippen LogP contribution in [0.2, 0.25) is 5.02 Å². The van der Waals surface area contributed by atoms with E-state index in [0.29, 0.717) is 21.6 Å². The largest absolute Gasteiger partial charge is 0.481 e. The van der Waals surface area contributed by atoms with Gasteiger partial charge in [-0.1, -0.05) is 29.4 Å². The van der Waals surface area contributed by atoms with Crippen LogP contribution in [-0.2, 0) is 4.79 Å². The third-order valence-corrected chi connectivity index (χ3v) is 4.65. The summed E-state index contributed by atoms with van der Waals surface area (Å²) in [4.78, 5) is 12.5. The second kappa shape index (κ2) is 8.41. The van der Waals surface area contributed by atoms with Gasteiger partial charge < -0.3 is 10.1 Å². The van der Waals surface area contributed by atoms with Crippen LogP contribution in [0.1, 0.15) is 12.5 Å². The van der Waals surface area contributed by atoms with Crippen molar-refractivity contribution < 1.29 is 9.53 Å². The van der Waals surface area contributed by atoms with Crippen molar-refractivity contribution in [2.75, 3.05) is 11.6 Å². The number of amides is 1. The molecular formula is C18H18ClN5O2S. The maximum absolute atomic E-state index is 12.5. The van der Waals surface area contributed by atoms with Crippen LogP contribution in [0.5, 0.6) is 5.75 Å². The fraction of sp³-hybridized carbons (Fsp3) is 0.222. The molecule has 7 nitrogen and oxygen atoms in total. The van der Waals surface area contributed by atoms with Crippen molar-refractivity contribution in [3.8, 4) is 11.4 Å². The summed E-state index contributed by atoms with van der Waals surface area (Å²) < 4.78 is 7.37. The van der Waals surface area contributed by atoms with Gasteiger partial charge in [-0.3, -0.25) is 4.79 Å². The Morgan fingerprint density at radius 2 is 2.11 bits per heavy atom. The first kappa shape index (κ1) is 19.2. The Labute approximate surface area is 166 Å². The van der Waals surface area contributed by atoms with E-state index in [4.69, 9.17) is 16.3 Å². The van der Waals surface area contributed by atoms with Gasteiger partial charge in [0.25, 0.3) is 5.91 Å². The number of thioether (sulfide) groups is 1. The summed E-state index contributed by atoms with van der Waals surface area (Å²) in [5, 5.41) is 15.7. The van der Waals surface area contributed by atoms with Gasteiger partial charge >= 0.3 is 0 Å². The van der Waals surface area contributed by atoms with E-state index in [1.165, 1.54) is 11.8 Å². The van der Waals surface area contributed by atoms with Crippen LogP contribution >= 0.6 is 23.4 Å². The molecule has 0 spiro atoms. The number of hydrogen-bond acceptors (Lipinski definition) is 6. The smallest absolute Gasteiger partial charge is 0.265 e. The lowest BCUT2D eigenvalue weighted by atomic mass is 10.2. The second-order valence-corrected chi connectivity index (χ2v) is 7.00. The highest BCUT2D eigenvalue weighted by molar-refractivity contribution is 7.98. The van der Waals surface area contributed by atoms with Crippen LogP contribution in [0, 0.1) is 6.92 Å². The molecule has 0 fully saturated rings. The molecule has 1 N–H and O–H groups in total. The maximum atomic E-state index is 12.5. The van der Waals surface area contributed by atoms with Crippen molar-refractivity contribution in [2.45, 2.75) is 25.1 Å². The lowest BCUT2D eigenvalue weighted by Crippen LogP contribution is -2.30. The number of halogens is 1. The number of hydrogen-bond donors (Lipinski definition) is 1. The van der Waals surface area contributed by atoms with E-state index in [9.17, 15) is 4.79 Å². The Bertz CT molecular complexity index is 962. The van der Waals surface area contributed by atoms with Crippen molar-refractivity contribution in [3.63, 3.8) is 0 Å². The van der Waals surface area contributed by atoms with E-state index in [2.05, 4.69) is 20.8 Å². The normalized spacial score (nSPS) is 11.9. The zero-order valence-electron chi connectivity index (χ0n) is 15.0. The molecule has 0 bridgehead atoms. The molecule has 1 heterocycles. The SMILES string of the molecule is CSc1nnnn1-c1cccc(NC(=O)C(C)Oc2ccc(Cl)cc2C)c1. The van der Waals surface area contributed by atoms with Crippen LogP contribution in [0.3, 0.4) is 0 Å². The van der Waals surface area contributed by atoms with Crippen molar-refractivity contribution in [2.24, 2.45) is 0 Å². The van der Waals surface area contributed by atoms with E-state index < -0.39 is 6.10 Å². The molecule has 3 rings (SSSR count). The van der Waals surface area contributed by atoms with Crippen LogP contribution in [0.25, 0.3) is 5.69 Å². The quantitative estimate of drug-likeness (QED) is 0.631. The van der Waals surface area contributed by atoms with Crippen LogP contribution in [0.15, 0.2) is 47.6 Å². The lowest BCUT2D eigenvalue weighted by molar-refractivity contribution is -0.122. The van der Waals surface area contributed by atoms with Crippen LogP contribution in [-0.4, -0.2) is 38.5 Å². The zero-order valence-corrected chi connectivity index (χ0v) is 16.6. The predicted molar refractivity (Wildman–Crippen MR) is 106 cm³/mol. The average molecular weight is 404 g/mol. The minimum absolute atomic E-state index is 0.261. The van der Waals surface area contributed by atoms with Gasteiger partial charge in [0.2, 0.25) is 5.16 Å². The number of nitrogens with one attached hydrogen (secondary N) is 1. The molecule has 27 heavy (non-hydrogen) atoms. The number of rotatable bonds is 6. The number of aromatic nitrogens is 4. The van der Waals surface area contributed by atoms with Crippen molar-refractivity contribution in [1.82, 2.24) is 20.2 Å². The van der Waals surface area contributed by atoms with E-state index in [1.54, 1.807) is 41.9 Å². The maximum Gasteiger partial charge on any atom is 0.265 e. The topological polar surface area (TPSA) is 81.9 Å². The van der Waals surface area contributed by atoms with Gasteiger partial charge in [-0.25, -0.2) is 0 Å². The highest BCUT2D eigenvalue weighted by Crippen LogP contribution is 2.23. The van der Waals surface area contributed by atoms with Crippen molar-refractivity contribution in [3.05, 3.63) is 53.1 Å². The first-order valence-corrected chi connectivity index (χ1v) is 9.74. The van der Waals surface area contributed by atoms with E-state index in [1.807, 2.05) is 25.3 Å². The summed E-state index contributed by atoms with van der Waals surface area (Å²) >= 11 is 7.38. The lowest BCUT2D eigenvalue weighted by Gasteiger charge is -2.16. The second-order valence-electron chi connectivity index (χ2n) is 5.79. The summed E-state index contributed by atoms with van der Waals surface area (Å²) in [6.07, 6.45) is 1.22. The summed E-state index contributed by atoms with van der Waals surface area (Å²) in [5.74, 6) is 0.359. The average Bonchev–Trinajstić information content (AvgIpc) is 3.13. The third-order valence-electron chi connectivity index (χ3n) is 3.79. The molecule has 0 radical (unpaired) electrons. The van der Waals surface area contributed by atoms with Gasteiger partial charge in [0, 0.05) is 10.7 Å². The molecule has 0 saturated heterocycles. The zero-order chi connectivity index (χ0) is 19.4. The molecule has 2 aromatic carbocycles. The predicted octanol–water partition coefficient (Wildman–Crippen LogP) is 3.75. The van der Waals surface area contributed by atoms with Gasteiger partial charge in [-0.15, -0.1) is 5.10 Å². The summed E-state index contributed by atoms with van der Waals surface area (Å²) in [6, 6.07) is 12.6. The molecule has 1 aromatic heterocycles. The molecule has 0 aliphatic rings.